The monoisotopic (exact) mass is 241 g/mol. The Morgan fingerprint density at radius 3 is 2.83 bits per heavy atom. The van der Waals surface area contributed by atoms with Gasteiger partial charge < -0.3 is 4.90 Å². The zero-order chi connectivity index (χ0) is 12.7. The van der Waals surface area contributed by atoms with Crippen LogP contribution in [0.3, 0.4) is 0 Å². The van der Waals surface area contributed by atoms with Crippen LogP contribution in [0.25, 0.3) is 11.3 Å². The zero-order valence-electron chi connectivity index (χ0n) is 10.5. The molecule has 0 radical (unpaired) electrons. The van der Waals surface area contributed by atoms with Crippen LogP contribution >= 0.6 is 0 Å². The van der Waals surface area contributed by atoms with Crippen LogP contribution in [0.1, 0.15) is 17.7 Å². The van der Waals surface area contributed by atoms with Crippen molar-refractivity contribution in [2.24, 2.45) is 0 Å². The number of carbonyl (C=O) groups is 1. The molecule has 1 amide bonds. The van der Waals surface area contributed by atoms with Crippen molar-refractivity contribution in [2.45, 2.75) is 19.8 Å². The molecular formula is C14H15N3O. The third-order valence-corrected chi connectivity index (χ3v) is 3.42. The number of aromatic nitrogens is 2. The lowest BCUT2D eigenvalue weighted by atomic mass is 9.98. The molecule has 1 aromatic carbocycles. The first-order chi connectivity index (χ1) is 8.65. The Morgan fingerprint density at radius 1 is 1.28 bits per heavy atom. The first kappa shape index (κ1) is 11.0. The number of fused-ring (bicyclic) bond motifs is 1. The Morgan fingerprint density at radius 2 is 2.11 bits per heavy atom. The number of nitrogens with zero attached hydrogens (tertiary/aromatic N) is 2. The van der Waals surface area contributed by atoms with E-state index in [1.807, 2.05) is 32.2 Å². The summed E-state index contributed by atoms with van der Waals surface area (Å²) in [7, 11) is 1.83. The number of carbonyl (C=O) groups excluding carboxylic acids is 1. The van der Waals surface area contributed by atoms with Gasteiger partial charge in [-0.05, 0) is 37.1 Å². The first-order valence-corrected chi connectivity index (χ1v) is 6.07. The molecule has 0 saturated heterocycles. The molecule has 1 aliphatic heterocycles. The molecule has 2 heterocycles. The Labute approximate surface area is 106 Å². The molecule has 0 aliphatic carbocycles. The molecule has 1 aliphatic rings. The van der Waals surface area contributed by atoms with Gasteiger partial charge in [-0.15, -0.1) is 0 Å². The number of rotatable bonds is 1. The number of hydrogen-bond donors (Lipinski definition) is 1. The second-order valence-electron chi connectivity index (χ2n) is 4.73. The van der Waals surface area contributed by atoms with Crippen LogP contribution in [0.4, 0.5) is 5.69 Å². The summed E-state index contributed by atoms with van der Waals surface area (Å²) >= 11 is 0. The summed E-state index contributed by atoms with van der Waals surface area (Å²) in [6.45, 7) is 1.99. The van der Waals surface area contributed by atoms with Crippen molar-refractivity contribution >= 4 is 11.6 Å². The lowest BCUT2D eigenvalue weighted by Crippen LogP contribution is -2.30. The molecule has 92 valence electrons. The molecule has 1 aromatic heterocycles. The van der Waals surface area contributed by atoms with E-state index in [0.717, 1.165) is 29.1 Å². The second-order valence-corrected chi connectivity index (χ2v) is 4.73. The fourth-order valence-electron chi connectivity index (χ4n) is 2.38. The number of aryl methyl sites for hydroxylation is 2. The van der Waals surface area contributed by atoms with Crippen molar-refractivity contribution in [3.63, 3.8) is 0 Å². The highest BCUT2D eigenvalue weighted by molar-refractivity contribution is 5.96. The summed E-state index contributed by atoms with van der Waals surface area (Å²) < 4.78 is 0. The number of benzene rings is 1. The second kappa shape index (κ2) is 3.98. The van der Waals surface area contributed by atoms with Crippen LogP contribution in [-0.2, 0) is 11.2 Å². The maximum atomic E-state index is 11.6. The molecule has 0 spiro atoms. The van der Waals surface area contributed by atoms with Crippen molar-refractivity contribution in [3.8, 4) is 11.3 Å². The van der Waals surface area contributed by atoms with Crippen LogP contribution < -0.4 is 4.90 Å². The summed E-state index contributed by atoms with van der Waals surface area (Å²) in [5.74, 6) is 0.186. The van der Waals surface area contributed by atoms with Crippen LogP contribution in [0.5, 0.6) is 0 Å². The minimum atomic E-state index is 0.186. The van der Waals surface area contributed by atoms with Crippen LogP contribution in [0, 0.1) is 6.92 Å². The minimum Gasteiger partial charge on any atom is -0.315 e. The van der Waals surface area contributed by atoms with Gasteiger partial charge in [-0.3, -0.25) is 9.89 Å². The quantitative estimate of drug-likeness (QED) is 0.832. The Balaban J connectivity index is 2.04. The topological polar surface area (TPSA) is 49.0 Å². The number of H-pyrrole nitrogens is 1. The van der Waals surface area contributed by atoms with Crippen LogP contribution in [-0.4, -0.2) is 23.2 Å². The molecule has 0 bridgehead atoms. The molecule has 4 heteroatoms. The molecule has 0 unspecified atom stereocenters. The Bertz CT molecular complexity index is 615. The van der Waals surface area contributed by atoms with Gasteiger partial charge in [0.25, 0.3) is 0 Å². The molecule has 3 rings (SSSR count). The van der Waals surface area contributed by atoms with Gasteiger partial charge in [0.1, 0.15) is 0 Å². The van der Waals surface area contributed by atoms with Crippen molar-refractivity contribution < 1.29 is 4.79 Å². The van der Waals surface area contributed by atoms with Crippen molar-refractivity contribution in [1.29, 1.82) is 0 Å². The molecular weight excluding hydrogens is 226 g/mol. The van der Waals surface area contributed by atoms with E-state index in [9.17, 15) is 4.79 Å². The Hall–Kier alpha value is -2.10. The smallest absolute Gasteiger partial charge is 0.227 e. The minimum absolute atomic E-state index is 0.186. The fourth-order valence-corrected chi connectivity index (χ4v) is 2.38. The zero-order valence-corrected chi connectivity index (χ0v) is 10.5. The molecule has 0 atom stereocenters. The largest absolute Gasteiger partial charge is 0.315 e. The highest BCUT2D eigenvalue weighted by atomic mass is 16.2. The van der Waals surface area contributed by atoms with E-state index in [4.69, 9.17) is 0 Å². The van der Waals surface area contributed by atoms with E-state index in [0.29, 0.717) is 6.42 Å². The fraction of sp³-hybridized carbons (Fsp3) is 0.286. The van der Waals surface area contributed by atoms with Gasteiger partial charge in [-0.1, -0.05) is 6.07 Å². The van der Waals surface area contributed by atoms with Gasteiger partial charge >= 0.3 is 0 Å². The van der Waals surface area contributed by atoms with E-state index in [-0.39, 0.29) is 5.91 Å². The maximum Gasteiger partial charge on any atom is 0.227 e. The normalized spacial score (nSPS) is 14.8. The molecule has 0 fully saturated rings. The third kappa shape index (κ3) is 1.70. The van der Waals surface area contributed by atoms with Gasteiger partial charge in [0.05, 0.1) is 5.69 Å². The van der Waals surface area contributed by atoms with E-state index in [1.54, 1.807) is 4.90 Å². The third-order valence-electron chi connectivity index (χ3n) is 3.42. The number of nitrogens with one attached hydrogen (secondary N) is 1. The number of amides is 1. The van der Waals surface area contributed by atoms with Gasteiger partial charge in [0, 0.05) is 30.4 Å². The molecule has 18 heavy (non-hydrogen) atoms. The van der Waals surface area contributed by atoms with Gasteiger partial charge in [-0.25, -0.2) is 0 Å². The molecule has 0 saturated carbocycles. The predicted octanol–water partition coefficient (Wildman–Crippen LogP) is 2.29. The van der Waals surface area contributed by atoms with Crippen molar-refractivity contribution in [2.75, 3.05) is 11.9 Å². The number of aromatic amines is 1. The van der Waals surface area contributed by atoms with E-state index in [1.165, 1.54) is 5.56 Å². The molecule has 2 aromatic rings. The Kier molecular flexibility index (Phi) is 2.44. The summed E-state index contributed by atoms with van der Waals surface area (Å²) in [5, 5.41) is 7.21. The van der Waals surface area contributed by atoms with Gasteiger partial charge in [-0.2, -0.15) is 5.10 Å². The number of anilines is 1. The highest BCUT2D eigenvalue weighted by Gasteiger charge is 2.21. The lowest BCUT2D eigenvalue weighted by Gasteiger charge is -2.25. The van der Waals surface area contributed by atoms with E-state index < -0.39 is 0 Å². The SMILES string of the molecule is Cc1cc(-c2ccc3c(c2)CCC(=O)N3C)n[nH]1. The predicted molar refractivity (Wildman–Crippen MR) is 70.5 cm³/mol. The molecule has 4 nitrogen and oxygen atoms in total. The van der Waals surface area contributed by atoms with Gasteiger partial charge in [0.2, 0.25) is 5.91 Å². The van der Waals surface area contributed by atoms with Gasteiger partial charge in [0.15, 0.2) is 0 Å². The van der Waals surface area contributed by atoms with Crippen LogP contribution in [0.2, 0.25) is 0 Å². The standard InChI is InChI=1S/C14H15N3O/c1-9-7-12(16-15-9)10-3-5-13-11(8-10)4-6-14(18)17(13)2/h3,5,7-8H,4,6H2,1-2H3,(H,15,16). The van der Waals surface area contributed by atoms with Crippen molar-refractivity contribution in [1.82, 2.24) is 10.2 Å². The summed E-state index contributed by atoms with van der Waals surface area (Å²) in [5.41, 5.74) is 5.34. The average molecular weight is 241 g/mol. The summed E-state index contributed by atoms with van der Waals surface area (Å²) in [6.07, 6.45) is 1.41. The van der Waals surface area contributed by atoms with Crippen molar-refractivity contribution in [3.05, 3.63) is 35.5 Å². The van der Waals surface area contributed by atoms with Crippen LogP contribution in [0.15, 0.2) is 24.3 Å². The highest BCUT2D eigenvalue weighted by Crippen LogP contribution is 2.30. The summed E-state index contributed by atoms with van der Waals surface area (Å²) in [6, 6.07) is 8.18. The number of hydrogen-bond acceptors (Lipinski definition) is 2. The average Bonchev–Trinajstić information content (AvgIpc) is 2.80. The first-order valence-electron chi connectivity index (χ1n) is 6.07. The van der Waals surface area contributed by atoms with E-state index >= 15 is 0 Å². The lowest BCUT2D eigenvalue weighted by molar-refractivity contribution is -0.118. The molecule has 1 N–H and O–H groups in total. The maximum absolute atomic E-state index is 11.6. The summed E-state index contributed by atoms with van der Waals surface area (Å²) in [4.78, 5) is 13.4. The van der Waals surface area contributed by atoms with E-state index in [2.05, 4.69) is 16.3 Å².